The number of carbonyl (C=O) groups excluding carboxylic acids is 1. The first-order valence-corrected chi connectivity index (χ1v) is 7.76. The van der Waals surface area contributed by atoms with E-state index in [0.29, 0.717) is 4.88 Å². The molecule has 1 heterocycles. The number of halogens is 1. The van der Waals surface area contributed by atoms with Crippen molar-refractivity contribution in [1.29, 1.82) is 0 Å². The highest BCUT2D eigenvalue weighted by Gasteiger charge is 2.20. The Morgan fingerprint density at radius 1 is 1.59 bits per heavy atom. The van der Waals surface area contributed by atoms with E-state index in [1.54, 1.807) is 11.8 Å². The summed E-state index contributed by atoms with van der Waals surface area (Å²) in [5.41, 5.74) is 0. The number of esters is 1. The molecule has 17 heavy (non-hydrogen) atoms. The van der Waals surface area contributed by atoms with E-state index < -0.39 is 5.97 Å². The molecule has 1 aliphatic carbocycles. The predicted molar refractivity (Wildman–Crippen MR) is 71.1 cm³/mol. The van der Waals surface area contributed by atoms with Crippen molar-refractivity contribution in [3.05, 3.63) is 10.0 Å². The molecule has 1 aromatic rings. The van der Waals surface area contributed by atoms with Gasteiger partial charge in [-0.1, -0.05) is 47.5 Å². The summed E-state index contributed by atoms with van der Waals surface area (Å²) in [5, 5.41) is 0.260. The molecule has 0 N–H and O–H groups in total. The van der Waals surface area contributed by atoms with E-state index in [2.05, 4.69) is 9.72 Å². The van der Waals surface area contributed by atoms with Gasteiger partial charge in [-0.05, 0) is 18.8 Å². The summed E-state index contributed by atoms with van der Waals surface area (Å²) in [4.78, 5) is 16.0. The highest BCUT2D eigenvalue weighted by atomic mass is 35.5. The maximum atomic E-state index is 11.4. The van der Waals surface area contributed by atoms with Crippen molar-refractivity contribution >= 4 is 40.7 Å². The number of thiazole rings is 1. The molecule has 0 aromatic carbocycles. The number of aromatic nitrogens is 1. The standard InChI is InChI=1S/C11H14ClNO2S2/c1-15-10(14)8-9(12)13-11(17-8)16-6-7-4-2-3-5-7/h7H,2-6H2,1H3. The zero-order valence-corrected chi connectivity index (χ0v) is 12.0. The van der Waals surface area contributed by atoms with Crippen LogP contribution in [-0.2, 0) is 4.74 Å². The van der Waals surface area contributed by atoms with Gasteiger partial charge in [0.25, 0.3) is 0 Å². The Bertz CT molecular complexity index is 402. The van der Waals surface area contributed by atoms with Gasteiger partial charge in [-0.15, -0.1) is 0 Å². The molecule has 0 bridgehead atoms. The minimum atomic E-state index is -0.403. The Labute approximate surface area is 114 Å². The van der Waals surface area contributed by atoms with Gasteiger partial charge < -0.3 is 4.74 Å². The number of methoxy groups -OCH3 is 1. The van der Waals surface area contributed by atoms with Crippen molar-refractivity contribution < 1.29 is 9.53 Å². The van der Waals surface area contributed by atoms with Crippen molar-refractivity contribution in [2.45, 2.75) is 30.0 Å². The van der Waals surface area contributed by atoms with E-state index in [0.717, 1.165) is 16.0 Å². The average Bonchev–Trinajstić information content (AvgIpc) is 2.94. The molecule has 94 valence electrons. The van der Waals surface area contributed by atoms with Crippen LogP contribution in [-0.4, -0.2) is 23.8 Å². The van der Waals surface area contributed by atoms with Crippen LogP contribution in [0.2, 0.25) is 5.15 Å². The van der Waals surface area contributed by atoms with Crippen LogP contribution >= 0.6 is 34.7 Å². The van der Waals surface area contributed by atoms with Crippen molar-refractivity contribution in [3.8, 4) is 0 Å². The third-order valence-corrected chi connectivity index (χ3v) is 5.65. The summed E-state index contributed by atoms with van der Waals surface area (Å²) in [6.45, 7) is 0. The minimum Gasteiger partial charge on any atom is -0.465 e. The summed E-state index contributed by atoms with van der Waals surface area (Å²) in [5.74, 6) is 1.47. The topological polar surface area (TPSA) is 39.2 Å². The van der Waals surface area contributed by atoms with Crippen molar-refractivity contribution in [2.24, 2.45) is 5.92 Å². The monoisotopic (exact) mass is 291 g/mol. The largest absolute Gasteiger partial charge is 0.465 e. The number of carbonyl (C=O) groups is 1. The Balaban J connectivity index is 1.94. The van der Waals surface area contributed by atoms with Crippen LogP contribution in [0.15, 0.2) is 4.34 Å². The second kappa shape index (κ2) is 6.07. The van der Waals surface area contributed by atoms with Gasteiger partial charge in [0.2, 0.25) is 0 Å². The van der Waals surface area contributed by atoms with Gasteiger partial charge in [0.05, 0.1) is 7.11 Å². The smallest absolute Gasteiger partial charge is 0.351 e. The number of ether oxygens (including phenoxy) is 1. The Hall–Kier alpha value is -0.260. The molecule has 0 unspecified atom stereocenters. The molecule has 1 aromatic heterocycles. The molecule has 6 heteroatoms. The molecule has 2 rings (SSSR count). The summed E-state index contributed by atoms with van der Waals surface area (Å²) in [6, 6.07) is 0. The van der Waals surface area contributed by atoms with Crippen LogP contribution in [0.4, 0.5) is 0 Å². The molecule has 0 saturated heterocycles. The highest BCUT2D eigenvalue weighted by Crippen LogP contribution is 2.35. The first kappa shape index (κ1) is 13.2. The number of hydrogen-bond donors (Lipinski definition) is 0. The molecular formula is C11H14ClNO2S2. The van der Waals surface area contributed by atoms with Crippen LogP contribution < -0.4 is 0 Å². The summed E-state index contributed by atoms with van der Waals surface area (Å²) >= 11 is 8.92. The van der Waals surface area contributed by atoms with Crippen molar-refractivity contribution in [1.82, 2.24) is 4.98 Å². The van der Waals surface area contributed by atoms with Gasteiger partial charge in [0, 0.05) is 5.75 Å². The normalized spacial score (nSPS) is 16.4. The third kappa shape index (κ3) is 3.36. The lowest BCUT2D eigenvalue weighted by Crippen LogP contribution is -1.98. The average molecular weight is 292 g/mol. The van der Waals surface area contributed by atoms with E-state index in [4.69, 9.17) is 11.6 Å². The highest BCUT2D eigenvalue weighted by molar-refractivity contribution is 8.01. The Morgan fingerprint density at radius 2 is 2.29 bits per heavy atom. The lowest BCUT2D eigenvalue weighted by atomic mass is 10.1. The summed E-state index contributed by atoms with van der Waals surface area (Å²) < 4.78 is 5.51. The Morgan fingerprint density at radius 3 is 2.94 bits per heavy atom. The van der Waals surface area contributed by atoms with E-state index >= 15 is 0 Å². The molecule has 0 spiro atoms. The van der Waals surface area contributed by atoms with Crippen molar-refractivity contribution in [3.63, 3.8) is 0 Å². The molecule has 1 fully saturated rings. The molecule has 3 nitrogen and oxygen atoms in total. The second-order valence-corrected chi connectivity index (χ2v) is 6.68. The molecular weight excluding hydrogens is 278 g/mol. The molecule has 0 atom stereocenters. The number of rotatable bonds is 4. The van der Waals surface area contributed by atoms with Gasteiger partial charge in [-0.2, -0.15) is 0 Å². The van der Waals surface area contributed by atoms with Crippen LogP contribution in [0.5, 0.6) is 0 Å². The SMILES string of the molecule is COC(=O)c1sc(SCC2CCCC2)nc1Cl. The molecule has 0 amide bonds. The summed E-state index contributed by atoms with van der Waals surface area (Å²) in [7, 11) is 1.35. The number of hydrogen-bond acceptors (Lipinski definition) is 5. The van der Waals surface area contributed by atoms with Crippen LogP contribution in [0, 0.1) is 5.92 Å². The molecule has 0 aliphatic heterocycles. The van der Waals surface area contributed by atoms with Crippen LogP contribution in [0.25, 0.3) is 0 Å². The van der Waals surface area contributed by atoms with Gasteiger partial charge in [0.15, 0.2) is 14.4 Å². The van der Waals surface area contributed by atoms with Gasteiger partial charge >= 0.3 is 5.97 Å². The van der Waals surface area contributed by atoms with E-state index in [9.17, 15) is 4.79 Å². The zero-order valence-electron chi connectivity index (χ0n) is 9.57. The fourth-order valence-corrected chi connectivity index (χ4v) is 4.47. The van der Waals surface area contributed by atoms with Crippen molar-refractivity contribution in [2.75, 3.05) is 12.9 Å². The minimum absolute atomic E-state index is 0.260. The molecule has 1 saturated carbocycles. The van der Waals surface area contributed by atoms with E-state index in [-0.39, 0.29) is 5.15 Å². The summed E-state index contributed by atoms with van der Waals surface area (Å²) in [6.07, 6.45) is 5.32. The van der Waals surface area contributed by atoms with Gasteiger partial charge in [0.1, 0.15) is 0 Å². The quantitative estimate of drug-likeness (QED) is 0.624. The third-order valence-electron chi connectivity index (χ3n) is 2.85. The van der Waals surface area contributed by atoms with Crippen LogP contribution in [0.1, 0.15) is 35.4 Å². The van der Waals surface area contributed by atoms with Gasteiger partial charge in [-0.3, -0.25) is 0 Å². The maximum absolute atomic E-state index is 11.4. The van der Waals surface area contributed by atoms with E-state index in [1.165, 1.54) is 44.1 Å². The molecule has 0 radical (unpaired) electrons. The lowest BCUT2D eigenvalue weighted by Gasteiger charge is -2.05. The van der Waals surface area contributed by atoms with Crippen LogP contribution in [0.3, 0.4) is 0 Å². The lowest BCUT2D eigenvalue weighted by molar-refractivity contribution is 0.0606. The fourth-order valence-electron chi connectivity index (χ4n) is 1.93. The Kier molecular flexibility index (Phi) is 4.70. The number of thioether (sulfide) groups is 1. The predicted octanol–water partition coefficient (Wildman–Crippen LogP) is 3.87. The maximum Gasteiger partial charge on any atom is 0.351 e. The first-order chi connectivity index (χ1) is 8.20. The fraction of sp³-hybridized carbons (Fsp3) is 0.636. The van der Waals surface area contributed by atoms with Gasteiger partial charge in [-0.25, -0.2) is 9.78 Å². The first-order valence-electron chi connectivity index (χ1n) is 5.58. The molecule has 1 aliphatic rings. The number of nitrogens with zero attached hydrogens (tertiary/aromatic N) is 1. The second-order valence-electron chi connectivity index (χ2n) is 4.05. The zero-order chi connectivity index (χ0) is 12.3. The van der Waals surface area contributed by atoms with E-state index in [1.807, 2.05) is 0 Å².